The maximum Gasteiger partial charge on any atom is 0.270 e. The summed E-state index contributed by atoms with van der Waals surface area (Å²) in [5.74, 6) is -1.34. The lowest BCUT2D eigenvalue weighted by Crippen LogP contribution is -2.54. The first kappa shape index (κ1) is 19.7. The highest BCUT2D eigenvalue weighted by atomic mass is 32.1. The van der Waals surface area contributed by atoms with E-state index in [9.17, 15) is 14.0 Å². The minimum Gasteiger partial charge on any atom is -0.318 e. The van der Waals surface area contributed by atoms with E-state index < -0.39 is 11.8 Å². The van der Waals surface area contributed by atoms with Gasteiger partial charge in [0.15, 0.2) is 5.11 Å². The first-order chi connectivity index (χ1) is 14.4. The summed E-state index contributed by atoms with van der Waals surface area (Å²) in [4.78, 5) is 27.0. The van der Waals surface area contributed by atoms with Crippen LogP contribution in [0.5, 0.6) is 0 Å². The average Bonchev–Trinajstić information content (AvgIpc) is 3.00. The van der Waals surface area contributed by atoms with Crippen LogP contribution in [0.25, 0.3) is 11.8 Å². The number of anilines is 1. The summed E-state index contributed by atoms with van der Waals surface area (Å²) in [5, 5.41) is 2.63. The third-order valence-corrected chi connectivity index (χ3v) is 5.26. The first-order valence-electron chi connectivity index (χ1n) is 9.28. The second-order valence-electron chi connectivity index (χ2n) is 6.93. The maximum absolute atomic E-state index is 13.3. The fourth-order valence-corrected chi connectivity index (χ4v) is 3.83. The van der Waals surface area contributed by atoms with Gasteiger partial charge in [0.25, 0.3) is 11.8 Å². The van der Waals surface area contributed by atoms with Gasteiger partial charge >= 0.3 is 0 Å². The number of thiocarbonyl (C=S) groups is 1. The first-order valence-corrected chi connectivity index (χ1v) is 9.69. The SMILES string of the molecule is Cc1cc(/C=C2\C(=O)NC(=S)N(c3ccccc3)C2=O)c(C)n1-c1ccc(F)cc1. The summed E-state index contributed by atoms with van der Waals surface area (Å²) in [5.41, 5.74) is 3.80. The molecule has 1 aliphatic heterocycles. The van der Waals surface area contributed by atoms with Crippen LogP contribution in [0, 0.1) is 19.7 Å². The van der Waals surface area contributed by atoms with Crippen molar-refractivity contribution in [2.24, 2.45) is 0 Å². The maximum atomic E-state index is 13.3. The van der Waals surface area contributed by atoms with Crippen molar-refractivity contribution < 1.29 is 14.0 Å². The van der Waals surface area contributed by atoms with Crippen molar-refractivity contribution >= 4 is 40.9 Å². The molecule has 0 unspecified atom stereocenters. The van der Waals surface area contributed by atoms with Gasteiger partial charge in [-0.25, -0.2) is 4.39 Å². The Kier molecular flexibility index (Phi) is 5.05. The Hall–Kier alpha value is -3.58. The third-order valence-electron chi connectivity index (χ3n) is 4.97. The summed E-state index contributed by atoms with van der Waals surface area (Å²) in [6, 6.07) is 16.9. The number of aryl methyl sites for hydroxylation is 1. The smallest absolute Gasteiger partial charge is 0.270 e. The molecular formula is C23H18FN3O2S. The van der Waals surface area contributed by atoms with Crippen LogP contribution in [0.2, 0.25) is 0 Å². The van der Waals surface area contributed by atoms with Crippen LogP contribution >= 0.6 is 12.2 Å². The zero-order valence-corrected chi connectivity index (χ0v) is 17.2. The van der Waals surface area contributed by atoms with E-state index >= 15 is 0 Å². The number of aromatic nitrogens is 1. The Balaban J connectivity index is 1.76. The lowest BCUT2D eigenvalue weighted by Gasteiger charge is -2.28. The minimum absolute atomic E-state index is 0.00758. The quantitative estimate of drug-likeness (QED) is 0.396. The summed E-state index contributed by atoms with van der Waals surface area (Å²) in [6.07, 6.45) is 1.57. The number of amides is 2. The Bertz CT molecular complexity index is 1200. The summed E-state index contributed by atoms with van der Waals surface area (Å²) >= 11 is 5.22. The summed E-state index contributed by atoms with van der Waals surface area (Å²) in [6.45, 7) is 3.79. The van der Waals surface area contributed by atoms with Gasteiger partial charge in [-0.15, -0.1) is 0 Å². The normalized spacial score (nSPS) is 15.6. The van der Waals surface area contributed by atoms with Crippen molar-refractivity contribution in [3.8, 4) is 5.69 Å². The summed E-state index contributed by atoms with van der Waals surface area (Å²) < 4.78 is 15.2. The van der Waals surface area contributed by atoms with Crippen molar-refractivity contribution in [2.75, 3.05) is 4.90 Å². The van der Waals surface area contributed by atoms with E-state index in [-0.39, 0.29) is 16.5 Å². The molecule has 1 aliphatic rings. The van der Waals surface area contributed by atoms with Gasteiger partial charge in [0.05, 0.1) is 5.69 Å². The van der Waals surface area contributed by atoms with Crippen molar-refractivity contribution in [1.82, 2.24) is 9.88 Å². The highest BCUT2D eigenvalue weighted by Gasteiger charge is 2.34. The van der Waals surface area contributed by atoms with E-state index in [1.165, 1.54) is 17.0 Å². The molecule has 30 heavy (non-hydrogen) atoms. The molecule has 2 aromatic carbocycles. The minimum atomic E-state index is -0.538. The molecular weight excluding hydrogens is 401 g/mol. The molecule has 1 saturated heterocycles. The van der Waals surface area contributed by atoms with Crippen LogP contribution in [0.3, 0.4) is 0 Å². The van der Waals surface area contributed by atoms with Gasteiger partial charge in [0.1, 0.15) is 11.4 Å². The van der Waals surface area contributed by atoms with Crippen molar-refractivity contribution in [1.29, 1.82) is 0 Å². The molecule has 4 rings (SSSR count). The van der Waals surface area contributed by atoms with Gasteiger partial charge < -0.3 is 4.57 Å². The number of rotatable bonds is 3. The Morgan fingerprint density at radius 1 is 0.967 bits per heavy atom. The lowest BCUT2D eigenvalue weighted by molar-refractivity contribution is -0.122. The van der Waals surface area contributed by atoms with Crippen LogP contribution in [-0.4, -0.2) is 21.5 Å². The van der Waals surface area contributed by atoms with Gasteiger partial charge in [-0.05, 0) is 80.2 Å². The molecule has 1 fully saturated rings. The number of halogens is 1. The molecule has 3 aromatic rings. The van der Waals surface area contributed by atoms with E-state index in [0.29, 0.717) is 5.69 Å². The highest BCUT2D eigenvalue weighted by Crippen LogP contribution is 2.26. The predicted molar refractivity (Wildman–Crippen MR) is 118 cm³/mol. The third kappa shape index (κ3) is 3.44. The second-order valence-corrected chi connectivity index (χ2v) is 7.32. The van der Waals surface area contributed by atoms with Gasteiger partial charge in [-0.3, -0.25) is 19.8 Å². The van der Waals surface area contributed by atoms with Crippen LogP contribution in [0.1, 0.15) is 17.0 Å². The molecule has 0 radical (unpaired) electrons. The summed E-state index contributed by atoms with van der Waals surface area (Å²) in [7, 11) is 0. The number of para-hydroxylation sites is 1. The number of benzene rings is 2. The van der Waals surface area contributed by atoms with Gasteiger partial charge in [-0.2, -0.15) is 0 Å². The second kappa shape index (κ2) is 7.68. The fourth-order valence-electron chi connectivity index (χ4n) is 3.55. The van der Waals surface area contributed by atoms with E-state index in [2.05, 4.69) is 5.32 Å². The molecule has 0 atom stereocenters. The molecule has 0 saturated carbocycles. The molecule has 5 nitrogen and oxygen atoms in total. The zero-order valence-electron chi connectivity index (χ0n) is 16.3. The fraction of sp³-hybridized carbons (Fsp3) is 0.0870. The number of hydrogen-bond donors (Lipinski definition) is 1. The van der Waals surface area contributed by atoms with Crippen LogP contribution in [0.15, 0.2) is 66.2 Å². The van der Waals surface area contributed by atoms with E-state index in [1.807, 2.05) is 30.5 Å². The Labute approximate surface area is 178 Å². The van der Waals surface area contributed by atoms with E-state index in [0.717, 1.165) is 22.6 Å². The standard InChI is InChI=1S/C23H18FN3O2S/c1-14-12-16(15(2)26(14)19-10-8-17(24)9-11-19)13-20-21(28)25-23(30)27(22(20)29)18-6-4-3-5-7-18/h3-13H,1-2H3,(H,25,28,30)/b20-13+. The monoisotopic (exact) mass is 419 g/mol. The molecule has 2 heterocycles. The van der Waals surface area contributed by atoms with Crippen LogP contribution < -0.4 is 10.2 Å². The number of nitrogens with one attached hydrogen (secondary N) is 1. The average molecular weight is 419 g/mol. The number of nitrogens with zero attached hydrogens (tertiary/aromatic N) is 2. The topological polar surface area (TPSA) is 54.3 Å². The van der Waals surface area contributed by atoms with Gasteiger partial charge in [-0.1, -0.05) is 18.2 Å². The molecule has 150 valence electrons. The molecule has 0 bridgehead atoms. The van der Waals surface area contributed by atoms with Crippen molar-refractivity contribution in [2.45, 2.75) is 13.8 Å². The largest absolute Gasteiger partial charge is 0.318 e. The van der Waals surface area contributed by atoms with Crippen LogP contribution in [0.4, 0.5) is 10.1 Å². The Morgan fingerprint density at radius 2 is 1.63 bits per heavy atom. The Morgan fingerprint density at radius 3 is 2.30 bits per heavy atom. The zero-order chi connectivity index (χ0) is 21.4. The van der Waals surface area contributed by atoms with Gasteiger partial charge in [0.2, 0.25) is 0 Å². The predicted octanol–water partition coefficient (Wildman–Crippen LogP) is 4.06. The molecule has 2 amide bonds. The molecule has 0 aliphatic carbocycles. The molecule has 0 spiro atoms. The number of carbonyl (C=O) groups is 2. The van der Waals surface area contributed by atoms with E-state index in [1.54, 1.807) is 42.5 Å². The lowest BCUT2D eigenvalue weighted by atomic mass is 10.1. The number of hydrogen-bond acceptors (Lipinski definition) is 3. The van der Waals surface area contributed by atoms with E-state index in [4.69, 9.17) is 12.2 Å². The molecule has 7 heteroatoms. The molecule has 1 N–H and O–H groups in total. The van der Waals surface area contributed by atoms with Crippen molar-refractivity contribution in [3.63, 3.8) is 0 Å². The van der Waals surface area contributed by atoms with Crippen LogP contribution in [-0.2, 0) is 9.59 Å². The highest BCUT2D eigenvalue weighted by molar-refractivity contribution is 7.80. The molecule has 1 aromatic heterocycles. The number of carbonyl (C=O) groups excluding carboxylic acids is 2. The van der Waals surface area contributed by atoms with Crippen molar-refractivity contribution in [3.05, 3.63) is 89.0 Å². The van der Waals surface area contributed by atoms with Gasteiger partial charge in [0, 0.05) is 17.1 Å².